The third-order valence-electron chi connectivity index (χ3n) is 3.37. The summed E-state index contributed by atoms with van der Waals surface area (Å²) < 4.78 is 41.5. The molecule has 0 aromatic rings. The summed E-state index contributed by atoms with van der Waals surface area (Å²) in [5.74, 6) is -2.11. The van der Waals surface area contributed by atoms with Crippen molar-refractivity contribution in [3.05, 3.63) is 0 Å². The SMILES string of the molecule is CC[C@@]1(C(F)F)OC(OC(C)=O)[C@H](OC(C)=O)[C@@H]1C. The van der Waals surface area contributed by atoms with Crippen LogP contribution in [0.15, 0.2) is 0 Å². The van der Waals surface area contributed by atoms with Crippen LogP contribution >= 0.6 is 0 Å². The van der Waals surface area contributed by atoms with Crippen molar-refractivity contribution in [1.82, 2.24) is 0 Å². The Balaban J connectivity index is 3.03. The zero-order chi connectivity index (χ0) is 14.8. The summed E-state index contributed by atoms with van der Waals surface area (Å²) >= 11 is 0. The number of alkyl halides is 2. The first-order valence-corrected chi connectivity index (χ1v) is 6.05. The van der Waals surface area contributed by atoms with Gasteiger partial charge in [-0.2, -0.15) is 0 Å². The second-order valence-electron chi connectivity index (χ2n) is 4.57. The van der Waals surface area contributed by atoms with Crippen molar-refractivity contribution < 1.29 is 32.6 Å². The Bertz CT molecular complexity index is 360. The highest BCUT2D eigenvalue weighted by Gasteiger charge is 2.59. The largest absolute Gasteiger partial charge is 0.455 e. The molecule has 1 unspecified atom stereocenters. The first kappa shape index (κ1) is 15.8. The Morgan fingerprint density at radius 2 is 1.79 bits per heavy atom. The van der Waals surface area contributed by atoms with Crippen molar-refractivity contribution in [3.8, 4) is 0 Å². The number of esters is 2. The van der Waals surface area contributed by atoms with E-state index in [1.807, 2.05) is 0 Å². The molecule has 1 heterocycles. The Morgan fingerprint density at radius 3 is 2.16 bits per heavy atom. The lowest BCUT2D eigenvalue weighted by Gasteiger charge is -2.30. The Hall–Kier alpha value is -1.24. The fourth-order valence-electron chi connectivity index (χ4n) is 2.32. The maximum absolute atomic E-state index is 13.3. The van der Waals surface area contributed by atoms with E-state index in [1.54, 1.807) is 6.92 Å². The molecule has 0 spiro atoms. The Kier molecular flexibility index (Phi) is 4.84. The molecule has 0 aromatic carbocycles. The zero-order valence-electron chi connectivity index (χ0n) is 11.3. The molecule has 4 atom stereocenters. The minimum absolute atomic E-state index is 0.0152. The Morgan fingerprint density at radius 1 is 1.26 bits per heavy atom. The van der Waals surface area contributed by atoms with Gasteiger partial charge in [0.25, 0.3) is 6.43 Å². The van der Waals surface area contributed by atoms with Gasteiger partial charge in [-0.1, -0.05) is 13.8 Å². The molecule has 0 aliphatic carbocycles. The molecule has 1 rings (SSSR count). The smallest absolute Gasteiger partial charge is 0.305 e. The van der Waals surface area contributed by atoms with E-state index in [-0.39, 0.29) is 6.42 Å². The lowest BCUT2D eigenvalue weighted by atomic mass is 9.85. The van der Waals surface area contributed by atoms with E-state index in [1.165, 1.54) is 6.92 Å². The molecule has 1 fully saturated rings. The van der Waals surface area contributed by atoms with Crippen LogP contribution in [-0.4, -0.2) is 36.4 Å². The highest BCUT2D eigenvalue weighted by atomic mass is 19.3. The molecule has 1 saturated heterocycles. The second-order valence-corrected chi connectivity index (χ2v) is 4.57. The third kappa shape index (κ3) is 3.02. The van der Waals surface area contributed by atoms with E-state index < -0.39 is 42.3 Å². The molecular formula is C12H18F2O5. The van der Waals surface area contributed by atoms with Gasteiger partial charge in [-0.25, -0.2) is 8.78 Å². The van der Waals surface area contributed by atoms with Crippen molar-refractivity contribution in [1.29, 1.82) is 0 Å². The van der Waals surface area contributed by atoms with Gasteiger partial charge in [0.2, 0.25) is 6.29 Å². The number of hydrogen-bond acceptors (Lipinski definition) is 5. The van der Waals surface area contributed by atoms with Crippen molar-refractivity contribution in [2.24, 2.45) is 5.92 Å². The molecule has 0 amide bonds. The van der Waals surface area contributed by atoms with Gasteiger partial charge >= 0.3 is 11.9 Å². The van der Waals surface area contributed by atoms with E-state index >= 15 is 0 Å². The molecule has 0 aromatic heterocycles. The Labute approximate surface area is 110 Å². The minimum Gasteiger partial charge on any atom is -0.455 e. The van der Waals surface area contributed by atoms with Crippen LogP contribution in [0.2, 0.25) is 0 Å². The van der Waals surface area contributed by atoms with Gasteiger partial charge < -0.3 is 14.2 Å². The summed E-state index contributed by atoms with van der Waals surface area (Å²) in [7, 11) is 0. The quantitative estimate of drug-likeness (QED) is 0.736. The number of carbonyl (C=O) groups excluding carboxylic acids is 2. The molecule has 1 aliphatic rings. The summed E-state index contributed by atoms with van der Waals surface area (Å²) in [6.45, 7) is 5.33. The van der Waals surface area contributed by atoms with E-state index in [4.69, 9.17) is 14.2 Å². The lowest BCUT2D eigenvalue weighted by molar-refractivity contribution is -0.223. The minimum atomic E-state index is -2.77. The molecule has 7 heteroatoms. The van der Waals surface area contributed by atoms with Crippen LogP contribution in [0.3, 0.4) is 0 Å². The van der Waals surface area contributed by atoms with E-state index in [0.717, 1.165) is 13.8 Å². The molecule has 0 radical (unpaired) electrons. The topological polar surface area (TPSA) is 61.8 Å². The second kappa shape index (κ2) is 5.81. The highest BCUT2D eigenvalue weighted by molar-refractivity contribution is 5.67. The summed E-state index contributed by atoms with van der Waals surface area (Å²) in [4.78, 5) is 22.0. The van der Waals surface area contributed by atoms with E-state index in [0.29, 0.717) is 0 Å². The van der Waals surface area contributed by atoms with Gasteiger partial charge in [0.1, 0.15) is 5.60 Å². The van der Waals surface area contributed by atoms with Gasteiger partial charge in [0.05, 0.1) is 0 Å². The van der Waals surface area contributed by atoms with Crippen LogP contribution in [0.1, 0.15) is 34.1 Å². The number of rotatable bonds is 4. The number of carbonyl (C=O) groups is 2. The average Bonchev–Trinajstić information content (AvgIpc) is 2.53. The molecular weight excluding hydrogens is 262 g/mol. The monoisotopic (exact) mass is 280 g/mol. The van der Waals surface area contributed by atoms with Crippen LogP contribution in [-0.2, 0) is 23.8 Å². The van der Waals surface area contributed by atoms with E-state index in [9.17, 15) is 18.4 Å². The zero-order valence-corrected chi connectivity index (χ0v) is 11.3. The summed E-state index contributed by atoms with van der Waals surface area (Å²) in [5.41, 5.74) is -1.78. The molecule has 0 saturated carbocycles. The van der Waals surface area contributed by atoms with Gasteiger partial charge in [-0.05, 0) is 6.42 Å². The summed E-state index contributed by atoms with van der Waals surface area (Å²) in [6, 6.07) is 0. The van der Waals surface area contributed by atoms with Crippen LogP contribution in [0.25, 0.3) is 0 Å². The molecule has 0 bridgehead atoms. The fourth-order valence-corrected chi connectivity index (χ4v) is 2.32. The van der Waals surface area contributed by atoms with Gasteiger partial charge in [0.15, 0.2) is 6.10 Å². The standard InChI is InChI=1S/C12H18F2O5/c1-5-12(11(13)14)6(2)9(17-7(3)15)10(19-12)18-8(4)16/h6,9-11H,5H2,1-4H3/t6-,9+,10?,12+/m0/s1. The van der Waals surface area contributed by atoms with Crippen LogP contribution in [0.4, 0.5) is 8.78 Å². The number of ether oxygens (including phenoxy) is 3. The summed E-state index contributed by atoms with van der Waals surface area (Å²) in [5, 5.41) is 0. The summed E-state index contributed by atoms with van der Waals surface area (Å²) in [6.07, 6.45) is -5.09. The fraction of sp³-hybridized carbons (Fsp3) is 0.833. The number of halogens is 2. The lowest BCUT2D eigenvalue weighted by Crippen LogP contribution is -2.43. The molecule has 1 aliphatic heterocycles. The van der Waals surface area contributed by atoms with Crippen molar-refractivity contribution in [2.75, 3.05) is 0 Å². The van der Waals surface area contributed by atoms with Crippen molar-refractivity contribution >= 4 is 11.9 Å². The highest BCUT2D eigenvalue weighted by Crippen LogP contribution is 2.44. The molecule has 110 valence electrons. The van der Waals surface area contributed by atoms with Crippen molar-refractivity contribution in [2.45, 2.75) is 58.5 Å². The van der Waals surface area contributed by atoms with Crippen LogP contribution in [0.5, 0.6) is 0 Å². The number of hydrogen-bond donors (Lipinski definition) is 0. The average molecular weight is 280 g/mol. The van der Waals surface area contributed by atoms with Crippen LogP contribution < -0.4 is 0 Å². The molecule has 5 nitrogen and oxygen atoms in total. The molecule has 0 N–H and O–H groups in total. The maximum atomic E-state index is 13.3. The predicted octanol–water partition coefficient (Wildman–Crippen LogP) is 1.89. The maximum Gasteiger partial charge on any atom is 0.305 e. The van der Waals surface area contributed by atoms with Crippen molar-refractivity contribution in [3.63, 3.8) is 0 Å². The van der Waals surface area contributed by atoms with Gasteiger partial charge in [-0.3, -0.25) is 9.59 Å². The first-order chi connectivity index (χ1) is 8.74. The predicted molar refractivity (Wildman–Crippen MR) is 60.4 cm³/mol. The van der Waals surface area contributed by atoms with Crippen LogP contribution in [0, 0.1) is 5.92 Å². The third-order valence-corrected chi connectivity index (χ3v) is 3.37. The van der Waals surface area contributed by atoms with Gasteiger partial charge in [0, 0.05) is 19.8 Å². The van der Waals surface area contributed by atoms with Gasteiger partial charge in [-0.15, -0.1) is 0 Å². The normalized spacial score (nSPS) is 34.4. The first-order valence-electron chi connectivity index (χ1n) is 6.05. The molecule has 19 heavy (non-hydrogen) atoms. The van der Waals surface area contributed by atoms with E-state index in [2.05, 4.69) is 0 Å².